The molecule has 3 nitrogen and oxygen atoms in total. The fourth-order valence-electron chi connectivity index (χ4n) is 2.39. The monoisotopic (exact) mass is 247 g/mol. The third-order valence-corrected chi connectivity index (χ3v) is 5.69. The van der Waals surface area contributed by atoms with Crippen LogP contribution < -0.4 is 5.73 Å². The van der Waals surface area contributed by atoms with Gasteiger partial charge in [0.1, 0.15) is 0 Å². The predicted molar refractivity (Wildman–Crippen MR) is 68.0 cm³/mol. The first-order valence-electron chi connectivity index (χ1n) is 6.40. The molecule has 16 heavy (non-hydrogen) atoms. The maximum absolute atomic E-state index is 11.8. The lowest BCUT2D eigenvalue weighted by Gasteiger charge is -2.16. The van der Waals surface area contributed by atoms with Crippen LogP contribution in [0.5, 0.6) is 0 Å². The molecule has 0 aromatic carbocycles. The van der Waals surface area contributed by atoms with Crippen LogP contribution in [-0.4, -0.2) is 26.0 Å². The predicted octanol–water partition coefficient (Wildman–Crippen LogP) is 1.96. The Morgan fingerprint density at radius 2 is 2.06 bits per heavy atom. The topological polar surface area (TPSA) is 60.2 Å². The number of nitrogens with two attached hydrogens (primary N) is 1. The van der Waals surface area contributed by atoms with Crippen molar-refractivity contribution in [2.45, 2.75) is 52.0 Å². The largest absolute Gasteiger partial charge is 0.327 e. The molecule has 1 fully saturated rings. The Labute approximate surface area is 99.7 Å². The average Bonchev–Trinajstić information content (AvgIpc) is 2.60. The van der Waals surface area contributed by atoms with Crippen molar-refractivity contribution in [3.05, 3.63) is 0 Å². The summed E-state index contributed by atoms with van der Waals surface area (Å²) in [7, 11) is -2.86. The molecule has 1 rings (SSSR count). The van der Waals surface area contributed by atoms with Gasteiger partial charge in [-0.15, -0.1) is 0 Å². The van der Waals surface area contributed by atoms with Gasteiger partial charge in [-0.05, 0) is 31.1 Å². The zero-order chi connectivity index (χ0) is 12.2. The van der Waals surface area contributed by atoms with Crippen LogP contribution in [-0.2, 0) is 9.84 Å². The Bertz CT molecular complexity index is 300. The third-order valence-electron chi connectivity index (χ3n) is 3.75. The van der Waals surface area contributed by atoms with Crippen LogP contribution in [0.25, 0.3) is 0 Å². The minimum absolute atomic E-state index is 0.235. The lowest BCUT2D eigenvalue weighted by atomic mass is 10.0. The second kappa shape index (κ2) is 6.01. The summed E-state index contributed by atoms with van der Waals surface area (Å²) >= 11 is 0. The van der Waals surface area contributed by atoms with Crippen LogP contribution in [0.1, 0.15) is 46.0 Å². The first-order valence-corrected chi connectivity index (χ1v) is 8.22. The van der Waals surface area contributed by atoms with E-state index in [0.717, 1.165) is 32.1 Å². The van der Waals surface area contributed by atoms with Crippen LogP contribution in [0.15, 0.2) is 0 Å². The van der Waals surface area contributed by atoms with Crippen LogP contribution >= 0.6 is 0 Å². The number of rotatable bonds is 6. The molecule has 3 atom stereocenters. The Morgan fingerprint density at radius 3 is 2.56 bits per heavy atom. The van der Waals surface area contributed by atoms with E-state index in [9.17, 15) is 8.42 Å². The molecule has 96 valence electrons. The summed E-state index contributed by atoms with van der Waals surface area (Å²) in [6, 6.07) is 0.235. The molecule has 0 radical (unpaired) electrons. The lowest BCUT2D eigenvalue weighted by Crippen LogP contribution is -2.27. The van der Waals surface area contributed by atoms with E-state index in [2.05, 4.69) is 0 Å². The van der Waals surface area contributed by atoms with Gasteiger partial charge in [-0.25, -0.2) is 8.42 Å². The molecule has 2 N–H and O–H groups in total. The Morgan fingerprint density at radius 1 is 1.38 bits per heavy atom. The molecular weight excluding hydrogens is 222 g/mol. The Balaban J connectivity index is 2.35. The van der Waals surface area contributed by atoms with E-state index in [1.54, 1.807) is 0 Å². The summed E-state index contributed by atoms with van der Waals surface area (Å²) in [4.78, 5) is 0. The van der Waals surface area contributed by atoms with Crippen LogP contribution in [0.2, 0.25) is 0 Å². The van der Waals surface area contributed by atoms with Gasteiger partial charge in [0, 0.05) is 6.04 Å². The van der Waals surface area contributed by atoms with Crippen molar-refractivity contribution < 1.29 is 8.42 Å². The molecule has 1 aliphatic carbocycles. The summed E-state index contributed by atoms with van der Waals surface area (Å²) in [5.41, 5.74) is 5.94. The second-order valence-electron chi connectivity index (χ2n) is 5.27. The number of hydrogen-bond donors (Lipinski definition) is 1. The molecular formula is C12H25NO2S. The molecule has 0 aromatic rings. The Hall–Kier alpha value is -0.0900. The van der Waals surface area contributed by atoms with Gasteiger partial charge < -0.3 is 5.73 Å². The van der Waals surface area contributed by atoms with Crippen molar-refractivity contribution in [3.63, 3.8) is 0 Å². The fourth-order valence-corrected chi connectivity index (χ4v) is 4.32. The maximum Gasteiger partial charge on any atom is 0.150 e. The standard InChI is InChI=1S/C12H25NO2S/c1-3-10(2)9-16(14,15)8-7-11-5-4-6-12(11)13/h10-12H,3-9,13H2,1-2H3. The summed E-state index contributed by atoms with van der Waals surface area (Å²) < 4.78 is 23.6. The smallest absolute Gasteiger partial charge is 0.150 e. The van der Waals surface area contributed by atoms with Crippen molar-refractivity contribution >= 4 is 9.84 Å². The summed E-state index contributed by atoms with van der Waals surface area (Å²) in [6.07, 6.45) is 5.04. The van der Waals surface area contributed by atoms with E-state index in [1.807, 2.05) is 13.8 Å². The normalized spacial score (nSPS) is 28.2. The van der Waals surface area contributed by atoms with Gasteiger partial charge in [0.15, 0.2) is 9.84 Å². The van der Waals surface area contributed by atoms with Crippen molar-refractivity contribution in [1.29, 1.82) is 0 Å². The fraction of sp³-hybridized carbons (Fsp3) is 1.00. The summed E-state index contributed by atoms with van der Waals surface area (Å²) in [5.74, 6) is 1.38. The van der Waals surface area contributed by atoms with Gasteiger partial charge in [-0.1, -0.05) is 26.7 Å². The molecule has 0 bridgehead atoms. The molecule has 0 aliphatic heterocycles. The van der Waals surface area contributed by atoms with E-state index < -0.39 is 9.84 Å². The highest BCUT2D eigenvalue weighted by Crippen LogP contribution is 2.27. The quantitative estimate of drug-likeness (QED) is 0.780. The van der Waals surface area contributed by atoms with Crippen molar-refractivity contribution in [2.24, 2.45) is 17.6 Å². The molecule has 1 saturated carbocycles. The SMILES string of the molecule is CCC(C)CS(=O)(=O)CCC1CCCC1N. The van der Waals surface area contributed by atoms with E-state index in [-0.39, 0.29) is 12.0 Å². The van der Waals surface area contributed by atoms with Crippen molar-refractivity contribution in [2.75, 3.05) is 11.5 Å². The van der Waals surface area contributed by atoms with Crippen LogP contribution in [0, 0.1) is 11.8 Å². The van der Waals surface area contributed by atoms with Gasteiger partial charge in [0.05, 0.1) is 11.5 Å². The van der Waals surface area contributed by atoms with Crippen molar-refractivity contribution in [3.8, 4) is 0 Å². The average molecular weight is 247 g/mol. The van der Waals surface area contributed by atoms with Gasteiger partial charge in [0.2, 0.25) is 0 Å². The molecule has 0 saturated heterocycles. The molecule has 0 amide bonds. The van der Waals surface area contributed by atoms with E-state index in [1.165, 1.54) is 0 Å². The van der Waals surface area contributed by atoms with Gasteiger partial charge >= 0.3 is 0 Å². The maximum atomic E-state index is 11.8. The summed E-state index contributed by atoms with van der Waals surface area (Å²) in [5, 5.41) is 0. The highest BCUT2D eigenvalue weighted by Gasteiger charge is 2.25. The zero-order valence-corrected chi connectivity index (χ0v) is 11.3. The van der Waals surface area contributed by atoms with Crippen LogP contribution in [0.4, 0.5) is 0 Å². The zero-order valence-electron chi connectivity index (χ0n) is 10.5. The van der Waals surface area contributed by atoms with E-state index in [4.69, 9.17) is 5.73 Å². The molecule has 3 unspecified atom stereocenters. The first-order chi connectivity index (χ1) is 7.44. The Kier molecular flexibility index (Phi) is 5.25. The molecule has 0 spiro atoms. The molecule has 0 aromatic heterocycles. The second-order valence-corrected chi connectivity index (χ2v) is 7.50. The van der Waals surface area contributed by atoms with Crippen molar-refractivity contribution in [1.82, 2.24) is 0 Å². The number of sulfone groups is 1. The summed E-state index contributed by atoms with van der Waals surface area (Å²) in [6.45, 7) is 4.03. The minimum atomic E-state index is -2.86. The van der Waals surface area contributed by atoms with Crippen LogP contribution in [0.3, 0.4) is 0 Å². The highest BCUT2D eigenvalue weighted by atomic mass is 32.2. The lowest BCUT2D eigenvalue weighted by molar-refractivity contribution is 0.463. The molecule has 1 aliphatic rings. The van der Waals surface area contributed by atoms with E-state index in [0.29, 0.717) is 17.4 Å². The first kappa shape index (κ1) is 14.0. The highest BCUT2D eigenvalue weighted by molar-refractivity contribution is 7.91. The molecule has 4 heteroatoms. The molecule has 0 heterocycles. The third kappa shape index (κ3) is 4.42. The van der Waals surface area contributed by atoms with Gasteiger partial charge in [-0.2, -0.15) is 0 Å². The minimum Gasteiger partial charge on any atom is -0.327 e. The van der Waals surface area contributed by atoms with E-state index >= 15 is 0 Å². The number of hydrogen-bond acceptors (Lipinski definition) is 3. The van der Waals surface area contributed by atoms with Gasteiger partial charge in [0.25, 0.3) is 0 Å². The van der Waals surface area contributed by atoms with Gasteiger partial charge in [-0.3, -0.25) is 0 Å².